The van der Waals surface area contributed by atoms with Crippen molar-refractivity contribution in [2.75, 3.05) is 11.9 Å². The molecule has 1 amide bonds. The number of benzene rings is 2. The third-order valence-electron chi connectivity index (χ3n) is 3.66. The molecule has 2 aromatic carbocycles. The number of esters is 1. The summed E-state index contributed by atoms with van der Waals surface area (Å²) in [6.45, 7) is 1.63. The van der Waals surface area contributed by atoms with Crippen molar-refractivity contribution in [3.05, 3.63) is 64.3 Å². The van der Waals surface area contributed by atoms with Crippen molar-refractivity contribution in [2.45, 2.75) is 13.3 Å². The maximum atomic E-state index is 12.0. The van der Waals surface area contributed by atoms with Gasteiger partial charge in [0.05, 0.1) is 18.4 Å². The fourth-order valence-electron chi connectivity index (χ4n) is 2.43. The fraction of sp³-hybridized carbons (Fsp3) is 0.158. The molecule has 3 aromatic rings. The van der Waals surface area contributed by atoms with E-state index in [0.29, 0.717) is 5.69 Å². The lowest BCUT2D eigenvalue weighted by molar-refractivity contribution is -0.146. The van der Waals surface area contributed by atoms with Gasteiger partial charge in [-0.25, -0.2) is 0 Å². The van der Waals surface area contributed by atoms with Gasteiger partial charge in [0.25, 0.3) is 5.91 Å². The number of para-hydroxylation sites is 1. The number of ether oxygens (including phenoxy) is 1. The molecule has 6 heteroatoms. The SMILES string of the molecule is Cc1ccc2c(CC(=O)OCC(=O)Nc3ccccc3Br)coc2c1. The average Bonchev–Trinajstić information content (AvgIpc) is 2.97. The third kappa shape index (κ3) is 4.28. The summed E-state index contributed by atoms with van der Waals surface area (Å²) < 4.78 is 11.3. The molecule has 0 radical (unpaired) electrons. The summed E-state index contributed by atoms with van der Waals surface area (Å²) in [6, 6.07) is 13.0. The normalized spacial score (nSPS) is 10.6. The molecule has 0 atom stereocenters. The molecule has 25 heavy (non-hydrogen) atoms. The van der Waals surface area contributed by atoms with Crippen LogP contribution in [-0.2, 0) is 20.7 Å². The van der Waals surface area contributed by atoms with Crippen LogP contribution in [0.5, 0.6) is 0 Å². The van der Waals surface area contributed by atoms with Crippen LogP contribution in [0.1, 0.15) is 11.1 Å². The zero-order chi connectivity index (χ0) is 17.8. The van der Waals surface area contributed by atoms with Gasteiger partial charge in [-0.15, -0.1) is 0 Å². The number of amides is 1. The van der Waals surface area contributed by atoms with Gasteiger partial charge >= 0.3 is 5.97 Å². The third-order valence-corrected chi connectivity index (χ3v) is 4.35. The monoisotopic (exact) mass is 401 g/mol. The summed E-state index contributed by atoms with van der Waals surface area (Å²) in [5, 5.41) is 3.55. The van der Waals surface area contributed by atoms with E-state index in [1.807, 2.05) is 37.3 Å². The first-order chi connectivity index (χ1) is 12.0. The molecule has 1 heterocycles. The van der Waals surface area contributed by atoms with Gasteiger partial charge in [-0.05, 0) is 46.6 Å². The molecule has 0 fully saturated rings. The van der Waals surface area contributed by atoms with Gasteiger partial charge in [0.15, 0.2) is 6.61 Å². The minimum Gasteiger partial charge on any atom is -0.464 e. The number of furan rings is 1. The van der Waals surface area contributed by atoms with Gasteiger partial charge in [-0.3, -0.25) is 9.59 Å². The molecule has 0 aliphatic rings. The Labute approximate surface area is 153 Å². The number of carbonyl (C=O) groups excluding carboxylic acids is 2. The van der Waals surface area contributed by atoms with Gasteiger partial charge in [-0.2, -0.15) is 0 Å². The van der Waals surface area contributed by atoms with E-state index in [9.17, 15) is 9.59 Å². The van der Waals surface area contributed by atoms with Crippen molar-refractivity contribution in [2.24, 2.45) is 0 Å². The number of aryl methyl sites for hydroxylation is 1. The second kappa shape index (κ2) is 7.53. The summed E-state index contributed by atoms with van der Waals surface area (Å²) in [6.07, 6.45) is 1.60. The van der Waals surface area contributed by atoms with Crippen molar-refractivity contribution in [1.82, 2.24) is 0 Å². The van der Waals surface area contributed by atoms with Crippen LogP contribution in [0.3, 0.4) is 0 Å². The highest BCUT2D eigenvalue weighted by atomic mass is 79.9. The standard InChI is InChI=1S/C19H16BrNO4/c1-12-6-7-14-13(10-24-17(14)8-12)9-19(23)25-11-18(22)21-16-5-3-2-4-15(16)20/h2-8,10H,9,11H2,1H3,(H,21,22). The van der Waals surface area contributed by atoms with Crippen LogP contribution >= 0.6 is 15.9 Å². The Morgan fingerprint density at radius 1 is 1.20 bits per heavy atom. The Bertz CT molecular complexity index is 932. The van der Waals surface area contributed by atoms with E-state index in [1.165, 1.54) is 0 Å². The quantitative estimate of drug-likeness (QED) is 0.649. The van der Waals surface area contributed by atoms with Crippen molar-refractivity contribution >= 4 is 44.5 Å². The van der Waals surface area contributed by atoms with Gasteiger partial charge < -0.3 is 14.5 Å². The molecule has 1 aromatic heterocycles. The Morgan fingerprint density at radius 2 is 2.00 bits per heavy atom. The lowest BCUT2D eigenvalue weighted by atomic mass is 10.1. The number of anilines is 1. The molecule has 3 rings (SSSR count). The number of carbonyl (C=O) groups is 2. The van der Waals surface area contributed by atoms with E-state index < -0.39 is 11.9 Å². The maximum absolute atomic E-state index is 12.0. The lowest BCUT2D eigenvalue weighted by Gasteiger charge is -2.07. The van der Waals surface area contributed by atoms with Crippen LogP contribution < -0.4 is 5.32 Å². The van der Waals surface area contributed by atoms with E-state index in [0.717, 1.165) is 26.6 Å². The Hall–Kier alpha value is -2.60. The summed E-state index contributed by atoms with van der Waals surface area (Å²) in [7, 11) is 0. The van der Waals surface area contributed by atoms with Crippen LogP contribution in [0, 0.1) is 6.92 Å². The van der Waals surface area contributed by atoms with Crippen molar-refractivity contribution < 1.29 is 18.7 Å². The maximum Gasteiger partial charge on any atom is 0.310 e. The molecule has 0 spiro atoms. The van der Waals surface area contributed by atoms with Gasteiger partial charge in [0.1, 0.15) is 5.58 Å². The predicted molar refractivity (Wildman–Crippen MR) is 98.4 cm³/mol. The summed E-state index contributed by atoms with van der Waals surface area (Å²) in [5.74, 6) is -0.876. The first-order valence-electron chi connectivity index (χ1n) is 7.69. The van der Waals surface area contributed by atoms with Crippen molar-refractivity contribution in [1.29, 1.82) is 0 Å². The van der Waals surface area contributed by atoms with Crippen LogP contribution in [0.25, 0.3) is 11.0 Å². The number of halogens is 1. The minimum absolute atomic E-state index is 0.0539. The van der Waals surface area contributed by atoms with Crippen molar-refractivity contribution in [3.8, 4) is 0 Å². The molecule has 0 aliphatic carbocycles. The minimum atomic E-state index is -0.481. The smallest absolute Gasteiger partial charge is 0.310 e. The summed E-state index contributed by atoms with van der Waals surface area (Å²) in [5.41, 5.74) is 3.18. The first-order valence-corrected chi connectivity index (χ1v) is 8.49. The van der Waals surface area contributed by atoms with E-state index in [2.05, 4.69) is 21.2 Å². The zero-order valence-electron chi connectivity index (χ0n) is 13.5. The van der Waals surface area contributed by atoms with E-state index >= 15 is 0 Å². The van der Waals surface area contributed by atoms with Gasteiger partial charge in [-0.1, -0.05) is 24.3 Å². The summed E-state index contributed by atoms with van der Waals surface area (Å²) in [4.78, 5) is 23.9. The van der Waals surface area contributed by atoms with E-state index in [4.69, 9.17) is 9.15 Å². The Kier molecular flexibility index (Phi) is 5.19. The van der Waals surface area contributed by atoms with E-state index in [-0.39, 0.29) is 13.0 Å². The number of hydrogen-bond acceptors (Lipinski definition) is 4. The summed E-state index contributed by atoms with van der Waals surface area (Å²) >= 11 is 3.34. The van der Waals surface area contributed by atoms with E-state index in [1.54, 1.807) is 18.4 Å². The van der Waals surface area contributed by atoms with Gasteiger partial charge in [0, 0.05) is 15.4 Å². The average molecular weight is 402 g/mol. The largest absolute Gasteiger partial charge is 0.464 e. The van der Waals surface area contributed by atoms with Crippen molar-refractivity contribution in [3.63, 3.8) is 0 Å². The molecule has 0 saturated carbocycles. The number of fused-ring (bicyclic) bond motifs is 1. The zero-order valence-corrected chi connectivity index (χ0v) is 15.1. The Balaban J connectivity index is 1.55. The van der Waals surface area contributed by atoms with Gasteiger partial charge in [0.2, 0.25) is 0 Å². The lowest BCUT2D eigenvalue weighted by Crippen LogP contribution is -2.21. The van der Waals surface area contributed by atoms with Crippen LogP contribution in [0.4, 0.5) is 5.69 Å². The topological polar surface area (TPSA) is 68.5 Å². The number of hydrogen-bond donors (Lipinski definition) is 1. The first kappa shape index (κ1) is 17.2. The molecule has 0 aliphatic heterocycles. The number of nitrogens with one attached hydrogen (secondary N) is 1. The molecular weight excluding hydrogens is 386 g/mol. The highest BCUT2D eigenvalue weighted by Crippen LogP contribution is 2.23. The van der Waals surface area contributed by atoms with Crippen LogP contribution in [0.15, 0.2) is 57.6 Å². The molecular formula is C19H16BrNO4. The van der Waals surface area contributed by atoms with Crippen LogP contribution in [0.2, 0.25) is 0 Å². The van der Waals surface area contributed by atoms with Crippen LogP contribution in [-0.4, -0.2) is 18.5 Å². The number of rotatable bonds is 5. The predicted octanol–water partition coefficient (Wildman–Crippen LogP) is 4.23. The Morgan fingerprint density at radius 3 is 2.80 bits per heavy atom. The second-order valence-electron chi connectivity index (χ2n) is 5.63. The molecule has 128 valence electrons. The molecule has 1 N–H and O–H groups in total. The molecule has 0 saturated heterocycles. The molecule has 0 bridgehead atoms. The second-order valence-corrected chi connectivity index (χ2v) is 6.48. The fourth-order valence-corrected chi connectivity index (χ4v) is 2.81. The molecule has 0 unspecified atom stereocenters. The highest BCUT2D eigenvalue weighted by Gasteiger charge is 2.13. The highest BCUT2D eigenvalue weighted by molar-refractivity contribution is 9.10. The molecule has 5 nitrogen and oxygen atoms in total.